The number of carbonyl (C=O) groups excluding carboxylic acids is 2. The number of esters is 2. The molecule has 0 bridgehead atoms. The van der Waals surface area contributed by atoms with Gasteiger partial charge in [-0.3, -0.25) is 0 Å². The summed E-state index contributed by atoms with van der Waals surface area (Å²) < 4.78 is 10.8. The molecular formula is C29H48O4. The summed E-state index contributed by atoms with van der Waals surface area (Å²) in [6.45, 7) is 8.82. The maximum absolute atomic E-state index is 12.2. The SMILES string of the molecule is CCCCCCCCCCCCCCCOC(=O)c1ccc(C(=O)OC(C)CC(C)C)cc1. The van der Waals surface area contributed by atoms with Crippen molar-refractivity contribution in [2.75, 3.05) is 6.61 Å². The molecule has 1 atom stereocenters. The van der Waals surface area contributed by atoms with E-state index >= 15 is 0 Å². The minimum Gasteiger partial charge on any atom is -0.462 e. The molecule has 0 fully saturated rings. The van der Waals surface area contributed by atoms with Crippen molar-refractivity contribution in [3.63, 3.8) is 0 Å². The van der Waals surface area contributed by atoms with E-state index < -0.39 is 0 Å². The maximum Gasteiger partial charge on any atom is 0.338 e. The molecule has 0 N–H and O–H groups in total. The average Bonchev–Trinajstić information content (AvgIpc) is 2.78. The Morgan fingerprint density at radius 2 is 1.09 bits per heavy atom. The van der Waals surface area contributed by atoms with E-state index in [2.05, 4.69) is 20.8 Å². The van der Waals surface area contributed by atoms with E-state index in [0.717, 1.165) is 19.3 Å². The summed E-state index contributed by atoms with van der Waals surface area (Å²) in [5.74, 6) is -0.211. The van der Waals surface area contributed by atoms with Crippen molar-refractivity contribution >= 4 is 11.9 Å². The van der Waals surface area contributed by atoms with Crippen molar-refractivity contribution in [3.05, 3.63) is 35.4 Å². The van der Waals surface area contributed by atoms with Gasteiger partial charge >= 0.3 is 11.9 Å². The Kier molecular flexibility index (Phi) is 16.4. The van der Waals surface area contributed by atoms with Crippen LogP contribution in [0.4, 0.5) is 0 Å². The Bertz CT molecular complexity index is 636. The average molecular weight is 461 g/mol. The molecule has 0 spiro atoms. The van der Waals surface area contributed by atoms with Gasteiger partial charge in [-0.1, -0.05) is 97.8 Å². The Morgan fingerprint density at radius 3 is 1.55 bits per heavy atom. The second-order valence-electron chi connectivity index (χ2n) is 9.80. The first-order valence-electron chi connectivity index (χ1n) is 13.4. The van der Waals surface area contributed by atoms with Gasteiger partial charge in [0.05, 0.1) is 23.8 Å². The number of carbonyl (C=O) groups is 2. The van der Waals surface area contributed by atoms with Gasteiger partial charge in [-0.25, -0.2) is 9.59 Å². The van der Waals surface area contributed by atoms with Crippen LogP contribution in [0.2, 0.25) is 0 Å². The number of hydrogen-bond donors (Lipinski definition) is 0. The third-order valence-corrected chi connectivity index (χ3v) is 5.95. The topological polar surface area (TPSA) is 52.6 Å². The highest BCUT2D eigenvalue weighted by atomic mass is 16.5. The number of ether oxygens (including phenoxy) is 2. The maximum atomic E-state index is 12.2. The number of rotatable bonds is 19. The second-order valence-corrected chi connectivity index (χ2v) is 9.80. The molecule has 4 heteroatoms. The third-order valence-electron chi connectivity index (χ3n) is 5.95. The van der Waals surface area contributed by atoms with Crippen LogP contribution in [0, 0.1) is 5.92 Å². The molecule has 0 aliphatic heterocycles. The minimum absolute atomic E-state index is 0.123. The molecular weight excluding hydrogens is 412 g/mol. The minimum atomic E-state index is -0.352. The van der Waals surface area contributed by atoms with Crippen LogP contribution in [0.3, 0.4) is 0 Å². The lowest BCUT2D eigenvalue weighted by Gasteiger charge is -2.15. The molecule has 0 radical (unpaired) electrons. The normalized spacial score (nSPS) is 12.0. The van der Waals surface area contributed by atoms with Crippen LogP contribution in [0.15, 0.2) is 24.3 Å². The quantitative estimate of drug-likeness (QED) is 0.153. The summed E-state index contributed by atoms with van der Waals surface area (Å²) in [6, 6.07) is 6.53. The van der Waals surface area contributed by atoms with Gasteiger partial charge in [0.15, 0.2) is 0 Å². The van der Waals surface area contributed by atoms with Crippen LogP contribution in [-0.2, 0) is 9.47 Å². The zero-order valence-corrected chi connectivity index (χ0v) is 21.7. The van der Waals surface area contributed by atoms with Crippen molar-refractivity contribution < 1.29 is 19.1 Å². The highest BCUT2D eigenvalue weighted by molar-refractivity contribution is 5.93. The third kappa shape index (κ3) is 14.8. The molecule has 0 saturated carbocycles. The Labute approximate surface area is 202 Å². The van der Waals surface area contributed by atoms with E-state index in [1.54, 1.807) is 24.3 Å². The fraction of sp³-hybridized carbons (Fsp3) is 0.724. The fourth-order valence-corrected chi connectivity index (χ4v) is 4.07. The Morgan fingerprint density at radius 1 is 0.667 bits per heavy atom. The number of hydrogen-bond acceptors (Lipinski definition) is 4. The highest BCUT2D eigenvalue weighted by Crippen LogP contribution is 2.14. The summed E-state index contributed by atoms with van der Waals surface area (Å²) in [6.07, 6.45) is 17.5. The van der Waals surface area contributed by atoms with E-state index in [-0.39, 0.29) is 18.0 Å². The smallest absolute Gasteiger partial charge is 0.338 e. The van der Waals surface area contributed by atoms with Gasteiger partial charge in [-0.15, -0.1) is 0 Å². The molecule has 0 aromatic heterocycles. The van der Waals surface area contributed by atoms with Crippen molar-refractivity contribution in [1.29, 1.82) is 0 Å². The lowest BCUT2D eigenvalue weighted by molar-refractivity contribution is 0.0298. The summed E-state index contributed by atoms with van der Waals surface area (Å²) >= 11 is 0. The van der Waals surface area contributed by atoms with Gasteiger partial charge in [0.2, 0.25) is 0 Å². The summed E-state index contributed by atoms with van der Waals surface area (Å²) in [4.78, 5) is 24.4. The first kappa shape index (κ1) is 29.2. The molecule has 0 heterocycles. The number of benzene rings is 1. The fourth-order valence-electron chi connectivity index (χ4n) is 4.07. The van der Waals surface area contributed by atoms with E-state index in [0.29, 0.717) is 23.7 Å². The van der Waals surface area contributed by atoms with Crippen LogP contribution in [0.1, 0.15) is 138 Å². The van der Waals surface area contributed by atoms with E-state index in [4.69, 9.17) is 9.47 Å². The first-order chi connectivity index (χ1) is 15.9. The predicted molar refractivity (Wildman–Crippen MR) is 137 cm³/mol. The molecule has 188 valence electrons. The van der Waals surface area contributed by atoms with Crippen molar-refractivity contribution in [2.24, 2.45) is 5.92 Å². The molecule has 0 aliphatic rings. The van der Waals surface area contributed by atoms with Crippen molar-refractivity contribution in [1.82, 2.24) is 0 Å². The number of unbranched alkanes of at least 4 members (excludes halogenated alkanes) is 12. The van der Waals surface area contributed by atoms with Gasteiger partial charge in [0, 0.05) is 0 Å². The summed E-state index contributed by atoms with van der Waals surface area (Å²) in [5.41, 5.74) is 0.926. The van der Waals surface area contributed by atoms with Gasteiger partial charge in [-0.05, 0) is 49.9 Å². The van der Waals surface area contributed by atoms with E-state index in [1.165, 1.54) is 70.6 Å². The largest absolute Gasteiger partial charge is 0.462 e. The predicted octanol–water partition coefficient (Wildman–Crippen LogP) is 8.53. The van der Waals surface area contributed by atoms with Crippen LogP contribution in [0.25, 0.3) is 0 Å². The lowest BCUT2D eigenvalue weighted by atomic mass is 10.0. The molecule has 1 rings (SSSR count). The van der Waals surface area contributed by atoms with Crippen LogP contribution in [-0.4, -0.2) is 24.6 Å². The van der Waals surface area contributed by atoms with Gasteiger partial charge in [0.1, 0.15) is 0 Å². The van der Waals surface area contributed by atoms with Crippen LogP contribution >= 0.6 is 0 Å². The molecule has 1 aromatic rings. The molecule has 0 saturated heterocycles. The first-order valence-corrected chi connectivity index (χ1v) is 13.4. The van der Waals surface area contributed by atoms with Gasteiger partial charge in [-0.2, -0.15) is 0 Å². The molecule has 1 unspecified atom stereocenters. The second kappa shape index (κ2) is 18.6. The summed E-state index contributed by atoms with van der Waals surface area (Å²) in [5, 5.41) is 0. The standard InChI is InChI=1S/C29H48O4/c1-5-6-7-8-9-10-11-12-13-14-15-16-17-22-32-28(30)26-18-20-27(21-19-26)29(31)33-25(4)23-24(2)3/h18-21,24-25H,5-17,22-23H2,1-4H3. The Balaban J connectivity index is 2.08. The lowest BCUT2D eigenvalue weighted by Crippen LogP contribution is -2.17. The monoisotopic (exact) mass is 460 g/mol. The zero-order chi connectivity index (χ0) is 24.3. The van der Waals surface area contributed by atoms with Crippen LogP contribution < -0.4 is 0 Å². The van der Waals surface area contributed by atoms with Gasteiger partial charge in [0.25, 0.3) is 0 Å². The molecule has 4 nitrogen and oxygen atoms in total. The Hall–Kier alpha value is -1.84. The molecule has 0 amide bonds. The molecule has 1 aromatic carbocycles. The van der Waals surface area contributed by atoms with Crippen LogP contribution in [0.5, 0.6) is 0 Å². The summed E-state index contributed by atoms with van der Waals surface area (Å²) in [7, 11) is 0. The van der Waals surface area contributed by atoms with E-state index in [1.807, 2.05) is 6.92 Å². The van der Waals surface area contributed by atoms with Crippen molar-refractivity contribution in [3.8, 4) is 0 Å². The van der Waals surface area contributed by atoms with Gasteiger partial charge < -0.3 is 9.47 Å². The highest BCUT2D eigenvalue weighted by Gasteiger charge is 2.14. The van der Waals surface area contributed by atoms with E-state index in [9.17, 15) is 9.59 Å². The zero-order valence-electron chi connectivity index (χ0n) is 21.7. The molecule has 33 heavy (non-hydrogen) atoms. The molecule has 0 aliphatic carbocycles. The van der Waals surface area contributed by atoms with Crippen molar-refractivity contribution in [2.45, 2.75) is 124 Å².